The number of amides is 1. The molecule has 1 aliphatic carbocycles. The Morgan fingerprint density at radius 3 is 2.38 bits per heavy atom. The van der Waals surface area contributed by atoms with Gasteiger partial charge in [0, 0.05) is 53.9 Å². The number of rotatable bonds is 9. The van der Waals surface area contributed by atoms with E-state index in [0.29, 0.717) is 45.8 Å². The first-order valence-electron chi connectivity index (χ1n) is 13.7. The molecular weight excluding hydrogens is 540 g/mol. The second kappa shape index (κ2) is 10.8. The molecule has 1 N–H and O–H groups in total. The molecule has 1 fully saturated rings. The van der Waals surface area contributed by atoms with E-state index >= 15 is 4.39 Å². The maximum atomic E-state index is 15.1. The highest BCUT2D eigenvalue weighted by Gasteiger charge is 2.48. The smallest absolute Gasteiger partial charge is 0.255 e. The molecule has 7 nitrogen and oxygen atoms in total. The van der Waals surface area contributed by atoms with Crippen molar-refractivity contribution in [3.8, 4) is 28.2 Å². The molecule has 1 aliphatic rings. The van der Waals surface area contributed by atoms with E-state index in [0.717, 1.165) is 12.8 Å². The zero-order valence-corrected chi connectivity index (χ0v) is 23.0. The fourth-order valence-corrected chi connectivity index (χ4v) is 5.29. The Balaban J connectivity index is 1.45. The molecule has 1 saturated carbocycles. The zero-order chi connectivity index (χ0) is 29.4. The summed E-state index contributed by atoms with van der Waals surface area (Å²) in [6, 6.07) is 15.1. The number of benzene rings is 3. The number of nitrogens with zero attached hydrogens (tertiary/aromatic N) is 2. The van der Waals surface area contributed by atoms with E-state index in [4.69, 9.17) is 9.15 Å². The van der Waals surface area contributed by atoms with Crippen molar-refractivity contribution in [2.45, 2.75) is 31.6 Å². The number of furan rings is 1. The number of ether oxygens (including phenoxy) is 1. The van der Waals surface area contributed by atoms with E-state index < -0.39 is 23.0 Å². The minimum Gasteiger partial charge on any atom is -0.493 e. The van der Waals surface area contributed by atoms with Crippen LogP contribution in [0.3, 0.4) is 0 Å². The zero-order valence-electron chi connectivity index (χ0n) is 23.0. The van der Waals surface area contributed by atoms with Gasteiger partial charge in [-0.15, -0.1) is 0 Å². The minimum atomic E-state index is -0.625. The molecule has 5 aromatic rings. The summed E-state index contributed by atoms with van der Waals surface area (Å²) in [4.78, 5) is 35.2. The Morgan fingerprint density at radius 2 is 1.71 bits per heavy atom. The third kappa shape index (κ3) is 4.91. The van der Waals surface area contributed by atoms with Gasteiger partial charge in [0.2, 0.25) is 0 Å². The van der Waals surface area contributed by atoms with E-state index in [1.165, 1.54) is 43.4 Å². The Labute approximate surface area is 240 Å². The van der Waals surface area contributed by atoms with Crippen molar-refractivity contribution in [1.29, 1.82) is 0 Å². The third-order valence-corrected chi connectivity index (χ3v) is 7.62. The summed E-state index contributed by atoms with van der Waals surface area (Å²) in [7, 11) is 1.51. The van der Waals surface area contributed by atoms with Crippen LogP contribution in [-0.2, 0) is 5.41 Å². The van der Waals surface area contributed by atoms with Crippen molar-refractivity contribution < 1.29 is 27.5 Å². The van der Waals surface area contributed by atoms with E-state index in [1.807, 2.05) is 6.92 Å². The largest absolute Gasteiger partial charge is 0.493 e. The van der Waals surface area contributed by atoms with Gasteiger partial charge < -0.3 is 14.5 Å². The molecular formula is C33H27F2N3O4. The number of carbonyl (C=O) groups excluding carboxylic acids is 2. The number of nitrogens with one attached hydrogen (secondary N) is 1. The number of hydrogen-bond donors (Lipinski definition) is 1. The van der Waals surface area contributed by atoms with Gasteiger partial charge in [-0.05, 0) is 73.9 Å². The van der Waals surface area contributed by atoms with Crippen molar-refractivity contribution in [2.75, 3.05) is 13.7 Å². The van der Waals surface area contributed by atoms with Crippen LogP contribution in [0, 0.1) is 11.6 Å². The third-order valence-electron chi connectivity index (χ3n) is 7.62. The predicted octanol–water partition coefficient (Wildman–Crippen LogP) is 6.90. The molecule has 0 saturated heterocycles. The number of aromatic nitrogens is 2. The highest BCUT2D eigenvalue weighted by Crippen LogP contribution is 2.50. The van der Waals surface area contributed by atoms with Gasteiger partial charge in [0.25, 0.3) is 5.91 Å². The van der Waals surface area contributed by atoms with Crippen LogP contribution in [0.2, 0.25) is 0 Å². The molecule has 2 aromatic heterocycles. The van der Waals surface area contributed by atoms with Crippen LogP contribution in [0.25, 0.3) is 33.4 Å². The monoisotopic (exact) mass is 567 g/mol. The maximum absolute atomic E-state index is 15.1. The molecule has 9 heteroatoms. The fraction of sp³-hybridized carbons (Fsp3) is 0.212. The Morgan fingerprint density at radius 1 is 1.00 bits per heavy atom. The van der Waals surface area contributed by atoms with Gasteiger partial charge in [-0.3, -0.25) is 9.59 Å². The van der Waals surface area contributed by atoms with Gasteiger partial charge in [0.05, 0.1) is 17.7 Å². The second-order valence-electron chi connectivity index (χ2n) is 10.3. The molecule has 0 spiro atoms. The summed E-state index contributed by atoms with van der Waals surface area (Å²) < 4.78 is 40.8. The molecule has 0 atom stereocenters. The van der Waals surface area contributed by atoms with Crippen molar-refractivity contribution >= 4 is 22.7 Å². The SMILES string of the molecule is CCOc1cc2oc(-c3ccc(F)cc3)c(C(=O)NC)c2cc1-c1ccc(F)c(C(=O)CC2(c3ncccn3)CC2)c1. The molecule has 42 heavy (non-hydrogen) atoms. The van der Waals surface area contributed by atoms with Gasteiger partial charge in [-0.2, -0.15) is 0 Å². The lowest BCUT2D eigenvalue weighted by atomic mass is 9.92. The van der Waals surface area contributed by atoms with E-state index in [2.05, 4.69) is 15.3 Å². The number of carbonyl (C=O) groups is 2. The summed E-state index contributed by atoms with van der Waals surface area (Å²) in [5.74, 6) is -0.464. The summed E-state index contributed by atoms with van der Waals surface area (Å²) in [6.07, 6.45) is 4.90. The van der Waals surface area contributed by atoms with Crippen LogP contribution in [0.5, 0.6) is 5.75 Å². The van der Waals surface area contributed by atoms with Gasteiger partial charge >= 0.3 is 0 Å². The Hall–Kier alpha value is -4.92. The molecule has 6 rings (SSSR count). The van der Waals surface area contributed by atoms with Crippen LogP contribution in [0.15, 0.2) is 77.5 Å². The topological polar surface area (TPSA) is 94.3 Å². The molecule has 1 amide bonds. The first kappa shape index (κ1) is 27.3. The van der Waals surface area contributed by atoms with E-state index in [9.17, 15) is 14.0 Å². The van der Waals surface area contributed by atoms with Crippen LogP contribution in [-0.4, -0.2) is 35.3 Å². The second-order valence-corrected chi connectivity index (χ2v) is 10.3. The molecule has 2 heterocycles. The summed E-state index contributed by atoms with van der Waals surface area (Å²) in [6.45, 7) is 2.16. The summed E-state index contributed by atoms with van der Waals surface area (Å²) in [5, 5.41) is 3.13. The number of hydrogen-bond acceptors (Lipinski definition) is 6. The lowest BCUT2D eigenvalue weighted by Gasteiger charge is -2.15. The number of Topliss-reactive ketones (excluding diaryl/α,β-unsaturated/α-hetero) is 1. The predicted molar refractivity (Wildman–Crippen MR) is 153 cm³/mol. The molecule has 0 aliphatic heterocycles. The Kier molecular flexibility index (Phi) is 7.02. The van der Waals surface area contributed by atoms with E-state index in [1.54, 1.807) is 36.7 Å². The van der Waals surface area contributed by atoms with Crippen molar-refractivity contribution in [1.82, 2.24) is 15.3 Å². The maximum Gasteiger partial charge on any atom is 0.255 e. The van der Waals surface area contributed by atoms with Crippen molar-refractivity contribution in [3.05, 3.63) is 102 Å². The summed E-state index contributed by atoms with van der Waals surface area (Å²) >= 11 is 0. The van der Waals surface area contributed by atoms with Gasteiger partial charge in [-0.25, -0.2) is 18.7 Å². The first-order valence-corrected chi connectivity index (χ1v) is 13.7. The highest BCUT2D eigenvalue weighted by atomic mass is 19.1. The first-order chi connectivity index (χ1) is 20.3. The summed E-state index contributed by atoms with van der Waals surface area (Å²) in [5.41, 5.74) is 1.75. The van der Waals surface area contributed by atoms with Crippen LogP contribution in [0.1, 0.15) is 52.7 Å². The molecule has 0 unspecified atom stereocenters. The fourth-order valence-electron chi connectivity index (χ4n) is 5.29. The quantitative estimate of drug-likeness (QED) is 0.195. The lowest BCUT2D eigenvalue weighted by molar-refractivity contribution is 0.0956. The molecule has 0 radical (unpaired) electrons. The number of halogens is 2. The molecule has 212 valence electrons. The van der Waals surface area contributed by atoms with Gasteiger partial charge in [0.15, 0.2) is 5.78 Å². The standard InChI is InChI=1S/C33H27F2N3O4/c1-3-41-27-17-28-24(29(31(40)36-2)30(42-28)19-5-8-21(34)9-6-19)16-22(27)20-7-10-25(35)23(15-20)26(39)18-33(11-12-33)32-37-13-4-14-38-32/h4-10,13-17H,3,11-12,18H2,1-2H3,(H,36,40). The van der Waals surface area contributed by atoms with Crippen LogP contribution >= 0.6 is 0 Å². The number of ketones is 1. The van der Waals surface area contributed by atoms with Crippen molar-refractivity contribution in [3.63, 3.8) is 0 Å². The number of fused-ring (bicyclic) bond motifs is 1. The average Bonchev–Trinajstić information content (AvgIpc) is 3.69. The van der Waals surface area contributed by atoms with Gasteiger partial charge in [0.1, 0.15) is 34.6 Å². The minimum absolute atomic E-state index is 0.0389. The van der Waals surface area contributed by atoms with Crippen molar-refractivity contribution in [2.24, 2.45) is 0 Å². The van der Waals surface area contributed by atoms with E-state index in [-0.39, 0.29) is 29.1 Å². The Bertz CT molecular complexity index is 1810. The average molecular weight is 568 g/mol. The van der Waals surface area contributed by atoms with Crippen LogP contribution < -0.4 is 10.1 Å². The normalized spacial score (nSPS) is 13.6. The molecule has 0 bridgehead atoms. The molecule has 3 aromatic carbocycles. The van der Waals surface area contributed by atoms with Gasteiger partial charge in [-0.1, -0.05) is 6.07 Å². The highest BCUT2D eigenvalue weighted by molar-refractivity contribution is 6.12. The lowest BCUT2D eigenvalue weighted by Crippen LogP contribution is -2.18. The van der Waals surface area contributed by atoms with Crippen LogP contribution in [0.4, 0.5) is 8.78 Å².